The van der Waals surface area contributed by atoms with Crippen LogP contribution >= 0.6 is 23.5 Å². The third-order valence-corrected chi connectivity index (χ3v) is 4.02. The summed E-state index contributed by atoms with van der Waals surface area (Å²) in [5, 5.41) is -0.0590. The van der Waals surface area contributed by atoms with Crippen molar-refractivity contribution in [2.75, 3.05) is 17.3 Å². The van der Waals surface area contributed by atoms with Crippen LogP contribution in [-0.2, 0) is 9.59 Å². The molecule has 0 saturated carbocycles. The normalized spacial score (nSPS) is 25.8. The third kappa shape index (κ3) is 2.02. The highest BCUT2D eigenvalue weighted by Gasteiger charge is 2.20. The molecule has 1 aliphatic heterocycles. The standard InChI is InChI=1S/C6H8O2S2/c7-3-5(8)6-4-9-1-2-10-6/h3,6H,1-2,4H2. The van der Waals surface area contributed by atoms with Crippen molar-refractivity contribution in [2.45, 2.75) is 5.25 Å². The van der Waals surface area contributed by atoms with E-state index in [-0.39, 0.29) is 11.0 Å². The minimum atomic E-state index is -0.253. The van der Waals surface area contributed by atoms with Gasteiger partial charge in [0.2, 0.25) is 5.78 Å². The molecule has 0 spiro atoms. The third-order valence-electron chi connectivity index (χ3n) is 1.25. The van der Waals surface area contributed by atoms with Crippen molar-refractivity contribution in [3.05, 3.63) is 0 Å². The highest BCUT2D eigenvalue weighted by molar-refractivity contribution is 8.07. The Hall–Kier alpha value is 0.0400. The Morgan fingerprint density at radius 1 is 1.50 bits per heavy atom. The Bertz CT molecular complexity index is 141. The lowest BCUT2D eigenvalue weighted by Gasteiger charge is -2.16. The predicted molar refractivity (Wildman–Crippen MR) is 44.6 cm³/mol. The summed E-state index contributed by atoms with van der Waals surface area (Å²) in [5.41, 5.74) is 0. The lowest BCUT2D eigenvalue weighted by Crippen LogP contribution is -2.24. The number of thioether (sulfide) groups is 2. The summed E-state index contributed by atoms with van der Waals surface area (Å²) in [4.78, 5) is 20.8. The number of ketones is 1. The summed E-state index contributed by atoms with van der Waals surface area (Å²) in [6.45, 7) is 0. The van der Waals surface area contributed by atoms with Crippen LogP contribution in [0.25, 0.3) is 0 Å². The molecule has 0 aromatic rings. The van der Waals surface area contributed by atoms with Gasteiger partial charge in [0.05, 0.1) is 5.25 Å². The van der Waals surface area contributed by atoms with E-state index in [1.807, 2.05) is 0 Å². The molecule has 1 fully saturated rings. The van der Waals surface area contributed by atoms with E-state index in [4.69, 9.17) is 0 Å². The molecule has 1 saturated heterocycles. The van der Waals surface area contributed by atoms with Crippen LogP contribution in [0.2, 0.25) is 0 Å². The molecule has 1 unspecified atom stereocenters. The predicted octanol–water partition coefficient (Wildman–Crippen LogP) is 0.603. The summed E-state index contributed by atoms with van der Waals surface area (Å²) in [6, 6.07) is 0. The minimum Gasteiger partial charge on any atom is -0.295 e. The van der Waals surface area contributed by atoms with Crippen molar-refractivity contribution in [3.8, 4) is 0 Å². The molecule has 2 nitrogen and oxygen atoms in total. The molecule has 56 valence electrons. The lowest BCUT2D eigenvalue weighted by molar-refractivity contribution is -0.129. The van der Waals surface area contributed by atoms with Crippen LogP contribution in [0.15, 0.2) is 0 Å². The summed E-state index contributed by atoms with van der Waals surface area (Å²) >= 11 is 3.34. The van der Waals surface area contributed by atoms with Gasteiger partial charge in [0, 0.05) is 17.3 Å². The lowest BCUT2D eigenvalue weighted by atomic mass is 10.3. The molecule has 0 bridgehead atoms. The van der Waals surface area contributed by atoms with Crippen molar-refractivity contribution in [1.82, 2.24) is 0 Å². The average Bonchev–Trinajstić information content (AvgIpc) is 2.05. The second-order valence-electron chi connectivity index (χ2n) is 1.95. The van der Waals surface area contributed by atoms with Crippen LogP contribution in [0.1, 0.15) is 0 Å². The van der Waals surface area contributed by atoms with Gasteiger partial charge in [0.25, 0.3) is 0 Å². The van der Waals surface area contributed by atoms with Crippen LogP contribution in [0.4, 0.5) is 0 Å². The fraction of sp³-hybridized carbons (Fsp3) is 0.667. The Kier molecular flexibility index (Phi) is 3.28. The zero-order valence-electron chi connectivity index (χ0n) is 5.41. The van der Waals surface area contributed by atoms with E-state index in [2.05, 4.69) is 0 Å². The monoisotopic (exact) mass is 176 g/mol. The first-order chi connectivity index (χ1) is 4.84. The van der Waals surface area contributed by atoms with Crippen molar-refractivity contribution < 1.29 is 9.59 Å². The zero-order chi connectivity index (χ0) is 7.40. The van der Waals surface area contributed by atoms with E-state index in [9.17, 15) is 9.59 Å². The molecule has 4 heteroatoms. The van der Waals surface area contributed by atoms with Gasteiger partial charge in [-0.3, -0.25) is 9.59 Å². The van der Waals surface area contributed by atoms with Crippen LogP contribution in [-0.4, -0.2) is 34.6 Å². The first-order valence-electron chi connectivity index (χ1n) is 3.03. The van der Waals surface area contributed by atoms with Gasteiger partial charge in [-0.05, 0) is 0 Å². The van der Waals surface area contributed by atoms with E-state index in [0.29, 0.717) is 6.29 Å². The van der Waals surface area contributed by atoms with Gasteiger partial charge in [-0.1, -0.05) is 0 Å². The number of hydrogen-bond acceptors (Lipinski definition) is 4. The van der Waals surface area contributed by atoms with Gasteiger partial charge in [0.1, 0.15) is 0 Å². The summed E-state index contributed by atoms with van der Waals surface area (Å²) in [7, 11) is 0. The fourth-order valence-electron chi connectivity index (χ4n) is 0.728. The highest BCUT2D eigenvalue weighted by atomic mass is 32.2. The summed E-state index contributed by atoms with van der Waals surface area (Å²) in [6.07, 6.45) is 0.434. The van der Waals surface area contributed by atoms with E-state index in [1.54, 1.807) is 23.5 Å². The van der Waals surface area contributed by atoms with Crippen molar-refractivity contribution >= 4 is 35.6 Å². The molecule has 0 aromatic heterocycles. The van der Waals surface area contributed by atoms with E-state index in [0.717, 1.165) is 17.3 Å². The van der Waals surface area contributed by atoms with Crippen LogP contribution < -0.4 is 0 Å². The Morgan fingerprint density at radius 3 is 2.80 bits per heavy atom. The second kappa shape index (κ2) is 4.03. The highest BCUT2D eigenvalue weighted by Crippen LogP contribution is 2.23. The van der Waals surface area contributed by atoms with Crippen LogP contribution in [0.5, 0.6) is 0 Å². The SMILES string of the molecule is O=CC(=O)C1CSCCS1. The Balaban J connectivity index is 2.38. The Morgan fingerprint density at radius 2 is 2.30 bits per heavy atom. The van der Waals surface area contributed by atoms with Crippen molar-refractivity contribution in [2.24, 2.45) is 0 Å². The maximum atomic E-state index is 10.8. The van der Waals surface area contributed by atoms with E-state index >= 15 is 0 Å². The molecule has 1 heterocycles. The smallest absolute Gasteiger partial charge is 0.208 e. The first-order valence-corrected chi connectivity index (χ1v) is 5.23. The van der Waals surface area contributed by atoms with Gasteiger partial charge in [0.15, 0.2) is 6.29 Å². The zero-order valence-corrected chi connectivity index (χ0v) is 7.04. The molecule has 0 amide bonds. The summed E-state index contributed by atoms with van der Waals surface area (Å²) < 4.78 is 0. The molecular formula is C6H8O2S2. The maximum Gasteiger partial charge on any atom is 0.208 e. The van der Waals surface area contributed by atoms with Gasteiger partial charge < -0.3 is 0 Å². The number of carbonyl (C=O) groups is 2. The van der Waals surface area contributed by atoms with Crippen molar-refractivity contribution in [3.63, 3.8) is 0 Å². The van der Waals surface area contributed by atoms with Gasteiger partial charge in [-0.2, -0.15) is 11.8 Å². The fourth-order valence-corrected chi connectivity index (χ4v) is 3.31. The molecule has 0 aliphatic carbocycles. The number of hydrogen-bond donors (Lipinski definition) is 0. The quantitative estimate of drug-likeness (QED) is 0.456. The van der Waals surface area contributed by atoms with Gasteiger partial charge in [-0.15, -0.1) is 11.8 Å². The van der Waals surface area contributed by atoms with Crippen LogP contribution in [0, 0.1) is 0 Å². The summed E-state index contributed by atoms with van der Waals surface area (Å²) in [5.74, 6) is 2.65. The van der Waals surface area contributed by atoms with Gasteiger partial charge in [-0.25, -0.2) is 0 Å². The molecule has 1 aliphatic rings. The van der Waals surface area contributed by atoms with Crippen molar-refractivity contribution in [1.29, 1.82) is 0 Å². The average molecular weight is 176 g/mol. The molecule has 10 heavy (non-hydrogen) atoms. The topological polar surface area (TPSA) is 34.1 Å². The first kappa shape index (κ1) is 8.14. The Labute approximate surface area is 68.1 Å². The van der Waals surface area contributed by atoms with E-state index < -0.39 is 0 Å². The molecule has 1 rings (SSSR count). The molecular weight excluding hydrogens is 168 g/mol. The van der Waals surface area contributed by atoms with Crippen LogP contribution in [0.3, 0.4) is 0 Å². The molecule has 0 radical (unpaired) electrons. The largest absolute Gasteiger partial charge is 0.295 e. The van der Waals surface area contributed by atoms with Gasteiger partial charge >= 0.3 is 0 Å². The second-order valence-corrected chi connectivity index (χ2v) is 4.42. The van der Waals surface area contributed by atoms with E-state index in [1.165, 1.54) is 0 Å². The minimum absolute atomic E-state index is 0.0590. The molecule has 0 aromatic carbocycles. The maximum absolute atomic E-state index is 10.8. The number of rotatable bonds is 2. The number of aldehydes is 1. The number of Topliss-reactive ketones (excluding diaryl/α,β-unsaturated/α-hetero) is 1. The molecule has 1 atom stereocenters. The molecule has 0 N–H and O–H groups in total. The number of carbonyl (C=O) groups excluding carboxylic acids is 2.